The SMILES string of the molecule is COc1ccc(C(=O)[C@H](C)OC(=O)[C@@H]2CC(=O)N(c3ccc([N+](=O)[O-])cc3)C2)cc1. The Morgan fingerprint density at radius 2 is 1.77 bits per heavy atom. The van der Waals surface area contributed by atoms with Gasteiger partial charge in [0.1, 0.15) is 5.75 Å². The van der Waals surface area contributed by atoms with Gasteiger partial charge in [-0.1, -0.05) is 0 Å². The number of ketones is 1. The van der Waals surface area contributed by atoms with Crippen molar-refractivity contribution in [2.45, 2.75) is 19.4 Å². The molecule has 2 aromatic rings. The number of rotatable bonds is 7. The van der Waals surface area contributed by atoms with E-state index in [1.165, 1.54) is 43.2 Å². The number of benzene rings is 2. The summed E-state index contributed by atoms with van der Waals surface area (Å²) >= 11 is 0. The lowest BCUT2D eigenvalue weighted by atomic mass is 10.1. The van der Waals surface area contributed by atoms with Crippen molar-refractivity contribution in [3.8, 4) is 5.75 Å². The van der Waals surface area contributed by atoms with Gasteiger partial charge in [0.2, 0.25) is 11.7 Å². The number of anilines is 1. The lowest BCUT2D eigenvalue weighted by Crippen LogP contribution is -2.30. The van der Waals surface area contributed by atoms with Gasteiger partial charge in [0.05, 0.1) is 18.0 Å². The van der Waals surface area contributed by atoms with Gasteiger partial charge in [0.25, 0.3) is 5.69 Å². The second kappa shape index (κ2) is 8.73. The topological polar surface area (TPSA) is 116 Å². The quantitative estimate of drug-likeness (QED) is 0.297. The van der Waals surface area contributed by atoms with Crippen LogP contribution in [-0.4, -0.2) is 42.3 Å². The second-order valence-corrected chi connectivity index (χ2v) is 6.85. The molecule has 1 amide bonds. The molecule has 2 aromatic carbocycles. The van der Waals surface area contributed by atoms with E-state index in [2.05, 4.69) is 0 Å². The molecule has 3 rings (SSSR count). The first-order valence-corrected chi connectivity index (χ1v) is 9.23. The first-order chi connectivity index (χ1) is 14.3. The Morgan fingerprint density at radius 1 is 1.13 bits per heavy atom. The van der Waals surface area contributed by atoms with Crippen LogP contribution in [0.1, 0.15) is 23.7 Å². The Balaban J connectivity index is 1.62. The van der Waals surface area contributed by atoms with Crippen molar-refractivity contribution < 1.29 is 28.8 Å². The van der Waals surface area contributed by atoms with Gasteiger partial charge < -0.3 is 14.4 Å². The van der Waals surface area contributed by atoms with Crippen molar-refractivity contribution in [1.82, 2.24) is 0 Å². The summed E-state index contributed by atoms with van der Waals surface area (Å²) < 4.78 is 10.4. The van der Waals surface area contributed by atoms with Gasteiger partial charge in [-0.2, -0.15) is 0 Å². The molecule has 0 aliphatic carbocycles. The summed E-state index contributed by atoms with van der Waals surface area (Å²) in [6.45, 7) is 1.56. The second-order valence-electron chi connectivity index (χ2n) is 6.85. The minimum atomic E-state index is -1.01. The molecule has 156 valence electrons. The van der Waals surface area contributed by atoms with Crippen LogP contribution in [0.3, 0.4) is 0 Å². The van der Waals surface area contributed by atoms with E-state index in [0.29, 0.717) is 17.0 Å². The van der Waals surface area contributed by atoms with Crippen molar-refractivity contribution in [2.24, 2.45) is 5.92 Å². The predicted octanol–water partition coefficient (Wildman–Crippen LogP) is 2.77. The van der Waals surface area contributed by atoms with E-state index in [4.69, 9.17) is 9.47 Å². The average Bonchev–Trinajstić information content (AvgIpc) is 3.15. The number of carbonyl (C=O) groups excluding carboxylic acids is 3. The molecule has 0 saturated carbocycles. The number of esters is 1. The first-order valence-electron chi connectivity index (χ1n) is 9.23. The van der Waals surface area contributed by atoms with Gasteiger partial charge in [-0.05, 0) is 43.3 Å². The number of Topliss-reactive ketones (excluding diaryl/α,β-unsaturated/α-hetero) is 1. The predicted molar refractivity (Wildman–Crippen MR) is 106 cm³/mol. The molecular formula is C21H20N2O7. The molecule has 0 spiro atoms. The summed E-state index contributed by atoms with van der Waals surface area (Å²) in [4.78, 5) is 48.9. The Bertz CT molecular complexity index is 970. The zero-order valence-corrected chi connectivity index (χ0v) is 16.4. The number of nitrogens with zero attached hydrogens (tertiary/aromatic N) is 2. The molecule has 0 aromatic heterocycles. The Hall–Kier alpha value is -3.75. The number of hydrogen-bond donors (Lipinski definition) is 0. The molecule has 30 heavy (non-hydrogen) atoms. The van der Waals surface area contributed by atoms with Crippen LogP contribution in [0.2, 0.25) is 0 Å². The number of amides is 1. The molecule has 1 aliphatic rings. The lowest BCUT2D eigenvalue weighted by molar-refractivity contribution is -0.384. The third-order valence-electron chi connectivity index (χ3n) is 4.87. The summed E-state index contributed by atoms with van der Waals surface area (Å²) in [5.41, 5.74) is 0.751. The molecule has 9 nitrogen and oxygen atoms in total. The van der Waals surface area contributed by atoms with Crippen LogP contribution in [0, 0.1) is 16.0 Å². The number of methoxy groups -OCH3 is 1. The van der Waals surface area contributed by atoms with Crippen molar-refractivity contribution >= 4 is 29.0 Å². The van der Waals surface area contributed by atoms with Crippen molar-refractivity contribution in [1.29, 1.82) is 0 Å². The van der Waals surface area contributed by atoms with Gasteiger partial charge in [-0.3, -0.25) is 24.5 Å². The highest BCUT2D eigenvalue weighted by molar-refractivity contribution is 6.02. The maximum atomic E-state index is 12.5. The smallest absolute Gasteiger partial charge is 0.312 e. The highest BCUT2D eigenvalue weighted by Crippen LogP contribution is 2.28. The monoisotopic (exact) mass is 412 g/mol. The average molecular weight is 412 g/mol. The van der Waals surface area contributed by atoms with Gasteiger partial charge in [-0.25, -0.2) is 0 Å². The maximum Gasteiger partial charge on any atom is 0.312 e. The normalized spacial score (nSPS) is 16.8. The largest absolute Gasteiger partial charge is 0.497 e. The molecule has 2 atom stereocenters. The standard InChI is InChI=1S/C21H20N2O7/c1-13(20(25)14-3-9-18(29-2)10-4-14)30-21(26)15-11-19(24)22(12-15)16-5-7-17(8-6-16)23(27)28/h3-10,13,15H,11-12H2,1-2H3/t13-,15+/m0/s1. The van der Waals surface area contributed by atoms with E-state index < -0.39 is 22.9 Å². The fourth-order valence-corrected chi connectivity index (χ4v) is 3.18. The third-order valence-corrected chi connectivity index (χ3v) is 4.87. The zero-order chi connectivity index (χ0) is 21.8. The summed E-state index contributed by atoms with van der Waals surface area (Å²) in [6.07, 6.45) is -1.06. The van der Waals surface area contributed by atoms with E-state index in [1.54, 1.807) is 24.3 Å². The minimum Gasteiger partial charge on any atom is -0.497 e. The molecule has 1 aliphatic heterocycles. The highest BCUT2D eigenvalue weighted by atomic mass is 16.6. The molecular weight excluding hydrogens is 392 g/mol. The number of ether oxygens (including phenoxy) is 2. The molecule has 0 bridgehead atoms. The highest BCUT2D eigenvalue weighted by Gasteiger charge is 2.37. The van der Waals surface area contributed by atoms with Crippen LogP contribution in [-0.2, 0) is 14.3 Å². The van der Waals surface area contributed by atoms with Gasteiger partial charge in [-0.15, -0.1) is 0 Å². The van der Waals surface area contributed by atoms with E-state index in [1.807, 2.05) is 0 Å². The van der Waals surface area contributed by atoms with Gasteiger partial charge in [0, 0.05) is 36.3 Å². The molecule has 0 radical (unpaired) electrons. The van der Waals surface area contributed by atoms with Crippen molar-refractivity contribution in [3.63, 3.8) is 0 Å². The number of carbonyl (C=O) groups is 3. The van der Waals surface area contributed by atoms with Crippen LogP contribution in [0.15, 0.2) is 48.5 Å². The summed E-state index contributed by atoms with van der Waals surface area (Å²) in [5, 5.41) is 10.8. The van der Waals surface area contributed by atoms with Crippen LogP contribution in [0.25, 0.3) is 0 Å². The van der Waals surface area contributed by atoms with Gasteiger partial charge in [0.15, 0.2) is 6.10 Å². The fraction of sp³-hybridized carbons (Fsp3) is 0.286. The first kappa shape index (κ1) is 21.0. The molecule has 1 saturated heterocycles. The minimum absolute atomic E-state index is 0.0563. The molecule has 1 fully saturated rings. The molecule has 0 unspecified atom stereocenters. The third kappa shape index (κ3) is 4.45. The fourth-order valence-electron chi connectivity index (χ4n) is 3.18. The summed E-state index contributed by atoms with van der Waals surface area (Å²) in [7, 11) is 1.52. The zero-order valence-electron chi connectivity index (χ0n) is 16.4. The van der Waals surface area contributed by atoms with E-state index >= 15 is 0 Å². The van der Waals surface area contributed by atoms with Crippen LogP contribution in [0.5, 0.6) is 5.75 Å². The maximum absolute atomic E-state index is 12.5. The van der Waals surface area contributed by atoms with Gasteiger partial charge >= 0.3 is 5.97 Å². The molecule has 9 heteroatoms. The Morgan fingerprint density at radius 3 is 2.33 bits per heavy atom. The van der Waals surface area contributed by atoms with E-state index in [0.717, 1.165) is 0 Å². The van der Waals surface area contributed by atoms with Crippen molar-refractivity contribution in [3.05, 3.63) is 64.2 Å². The molecule has 1 heterocycles. The van der Waals surface area contributed by atoms with Crippen LogP contribution in [0.4, 0.5) is 11.4 Å². The van der Waals surface area contributed by atoms with Crippen LogP contribution >= 0.6 is 0 Å². The summed E-state index contributed by atoms with van der Waals surface area (Å²) in [6, 6.07) is 12.0. The molecule has 0 N–H and O–H groups in total. The number of hydrogen-bond acceptors (Lipinski definition) is 7. The number of nitro benzene ring substituents is 1. The summed E-state index contributed by atoms with van der Waals surface area (Å²) in [5.74, 6) is -1.41. The Labute approximate surface area is 172 Å². The number of nitro groups is 1. The lowest BCUT2D eigenvalue weighted by Gasteiger charge is -2.17. The van der Waals surface area contributed by atoms with Crippen molar-refractivity contribution in [2.75, 3.05) is 18.6 Å². The van der Waals surface area contributed by atoms with Crippen LogP contribution < -0.4 is 9.64 Å². The number of non-ortho nitro benzene ring substituents is 1. The Kier molecular flexibility index (Phi) is 6.10. The van der Waals surface area contributed by atoms with E-state index in [9.17, 15) is 24.5 Å². The van der Waals surface area contributed by atoms with E-state index in [-0.39, 0.29) is 30.3 Å².